The largest absolute Gasteiger partial charge is 0.367 e. The summed E-state index contributed by atoms with van der Waals surface area (Å²) in [6.45, 7) is 2.16. The van der Waals surface area contributed by atoms with E-state index >= 15 is 0 Å². The van der Waals surface area contributed by atoms with Crippen LogP contribution < -0.4 is 4.90 Å². The van der Waals surface area contributed by atoms with Crippen LogP contribution in [0.25, 0.3) is 0 Å². The monoisotopic (exact) mass is 324 g/mol. The van der Waals surface area contributed by atoms with Crippen molar-refractivity contribution in [3.05, 3.63) is 57.8 Å². The van der Waals surface area contributed by atoms with Crippen molar-refractivity contribution in [3.8, 4) is 0 Å². The van der Waals surface area contributed by atoms with E-state index in [9.17, 15) is 0 Å². The molecule has 1 unspecified atom stereocenters. The molecule has 0 saturated carbocycles. The molecule has 0 spiro atoms. The zero-order valence-electron chi connectivity index (χ0n) is 10.3. The second-order valence-electron chi connectivity index (χ2n) is 4.20. The lowest BCUT2D eigenvalue weighted by Gasteiger charge is -2.27. The van der Waals surface area contributed by atoms with Crippen molar-refractivity contribution in [2.24, 2.45) is 0 Å². The van der Waals surface area contributed by atoms with E-state index in [0.29, 0.717) is 0 Å². The Bertz CT molecular complexity index is 528. The van der Waals surface area contributed by atoms with E-state index in [-0.39, 0.29) is 6.04 Å². The van der Waals surface area contributed by atoms with Crippen molar-refractivity contribution in [2.45, 2.75) is 13.0 Å². The van der Waals surface area contributed by atoms with E-state index in [1.807, 2.05) is 18.3 Å². The van der Waals surface area contributed by atoms with Crippen molar-refractivity contribution in [1.29, 1.82) is 0 Å². The van der Waals surface area contributed by atoms with Crippen LogP contribution >= 0.6 is 27.5 Å². The van der Waals surface area contributed by atoms with Gasteiger partial charge in [0.15, 0.2) is 0 Å². The smallest absolute Gasteiger partial charge is 0.0566 e. The van der Waals surface area contributed by atoms with Gasteiger partial charge in [-0.1, -0.05) is 23.7 Å². The Balaban J connectivity index is 2.23. The summed E-state index contributed by atoms with van der Waals surface area (Å²) in [5, 5.41) is 0.762. The third-order valence-corrected chi connectivity index (χ3v) is 3.72. The fraction of sp³-hybridized carbons (Fsp3) is 0.214. The molecule has 2 rings (SSSR count). The van der Waals surface area contributed by atoms with Crippen LogP contribution in [0.5, 0.6) is 0 Å². The molecule has 0 saturated heterocycles. The molecule has 94 valence electrons. The summed E-state index contributed by atoms with van der Waals surface area (Å²) in [4.78, 5) is 6.37. The molecule has 1 heterocycles. The van der Waals surface area contributed by atoms with Crippen LogP contribution in [0.1, 0.15) is 18.5 Å². The summed E-state index contributed by atoms with van der Waals surface area (Å²) in [7, 11) is 2.06. The van der Waals surface area contributed by atoms with Crippen LogP contribution in [0, 0.1) is 0 Å². The van der Waals surface area contributed by atoms with E-state index in [4.69, 9.17) is 11.6 Å². The molecule has 4 heteroatoms. The molecule has 0 fully saturated rings. The molecule has 1 aromatic heterocycles. The minimum Gasteiger partial charge on any atom is -0.367 e. The molecule has 2 nitrogen and oxygen atoms in total. The Morgan fingerprint density at radius 3 is 2.50 bits per heavy atom. The first kappa shape index (κ1) is 13.4. The third kappa shape index (κ3) is 3.03. The summed E-state index contributed by atoms with van der Waals surface area (Å²) < 4.78 is 0.982. The van der Waals surface area contributed by atoms with Crippen molar-refractivity contribution >= 4 is 33.2 Å². The number of pyridine rings is 1. The quantitative estimate of drug-likeness (QED) is 0.813. The van der Waals surface area contributed by atoms with Crippen LogP contribution in [0.3, 0.4) is 0 Å². The first-order valence-electron chi connectivity index (χ1n) is 5.67. The molecule has 0 aliphatic rings. The van der Waals surface area contributed by atoms with Gasteiger partial charge in [0.25, 0.3) is 0 Å². The minimum atomic E-state index is 0.262. The Kier molecular flexibility index (Phi) is 4.25. The molecule has 0 aliphatic carbocycles. The van der Waals surface area contributed by atoms with Gasteiger partial charge in [-0.3, -0.25) is 4.98 Å². The maximum Gasteiger partial charge on any atom is 0.0566 e. The van der Waals surface area contributed by atoms with Crippen LogP contribution in [-0.2, 0) is 0 Å². The molecular weight excluding hydrogens is 312 g/mol. The second kappa shape index (κ2) is 5.72. The summed E-state index contributed by atoms with van der Waals surface area (Å²) in [5.74, 6) is 0. The second-order valence-corrected chi connectivity index (χ2v) is 5.55. The molecule has 0 amide bonds. The van der Waals surface area contributed by atoms with Gasteiger partial charge < -0.3 is 4.90 Å². The summed E-state index contributed by atoms with van der Waals surface area (Å²) in [6.07, 6.45) is 3.64. The van der Waals surface area contributed by atoms with Crippen molar-refractivity contribution < 1.29 is 0 Å². The standard InChI is InChI=1S/C14H14BrClN2/c1-10(11-3-5-13(16)6-4-11)18(2)14-7-12(15)8-17-9-14/h3-10H,1-2H3. The zero-order chi connectivity index (χ0) is 13.1. The lowest BCUT2D eigenvalue weighted by Crippen LogP contribution is -2.21. The SMILES string of the molecule is CC(c1ccc(Cl)cc1)N(C)c1cncc(Br)c1. The number of nitrogens with zero attached hydrogens (tertiary/aromatic N) is 2. The summed E-state index contributed by atoms with van der Waals surface area (Å²) >= 11 is 9.34. The molecular formula is C14H14BrClN2. The number of benzene rings is 1. The number of hydrogen-bond donors (Lipinski definition) is 0. The van der Waals surface area contributed by atoms with Gasteiger partial charge in [0.2, 0.25) is 0 Å². The van der Waals surface area contributed by atoms with E-state index in [2.05, 4.69) is 58.0 Å². The van der Waals surface area contributed by atoms with E-state index < -0.39 is 0 Å². The van der Waals surface area contributed by atoms with Crippen molar-refractivity contribution in [2.75, 3.05) is 11.9 Å². The highest BCUT2D eigenvalue weighted by molar-refractivity contribution is 9.10. The van der Waals surface area contributed by atoms with Gasteiger partial charge in [0.1, 0.15) is 0 Å². The van der Waals surface area contributed by atoms with E-state index in [0.717, 1.165) is 15.2 Å². The van der Waals surface area contributed by atoms with Crippen LogP contribution in [-0.4, -0.2) is 12.0 Å². The highest BCUT2D eigenvalue weighted by Gasteiger charge is 2.12. The van der Waals surface area contributed by atoms with Gasteiger partial charge in [-0.2, -0.15) is 0 Å². The molecule has 18 heavy (non-hydrogen) atoms. The fourth-order valence-corrected chi connectivity index (χ4v) is 2.26. The summed E-state index contributed by atoms with van der Waals surface area (Å²) in [6, 6.07) is 10.3. The summed E-state index contributed by atoms with van der Waals surface area (Å²) in [5.41, 5.74) is 2.30. The normalized spacial score (nSPS) is 12.2. The molecule has 0 aliphatic heterocycles. The zero-order valence-corrected chi connectivity index (χ0v) is 12.6. The van der Waals surface area contributed by atoms with Crippen molar-refractivity contribution in [3.63, 3.8) is 0 Å². The van der Waals surface area contributed by atoms with E-state index in [1.54, 1.807) is 6.20 Å². The van der Waals surface area contributed by atoms with Gasteiger partial charge >= 0.3 is 0 Å². The molecule has 1 atom stereocenters. The van der Waals surface area contributed by atoms with Gasteiger partial charge in [0.05, 0.1) is 17.9 Å². The predicted molar refractivity (Wildman–Crippen MR) is 80.2 cm³/mol. The van der Waals surface area contributed by atoms with Crippen LogP contribution in [0.15, 0.2) is 47.2 Å². The molecule has 0 N–H and O–H groups in total. The van der Waals surface area contributed by atoms with Crippen LogP contribution in [0.2, 0.25) is 5.02 Å². The van der Waals surface area contributed by atoms with Gasteiger partial charge in [-0.15, -0.1) is 0 Å². The van der Waals surface area contributed by atoms with E-state index in [1.165, 1.54) is 5.56 Å². The third-order valence-electron chi connectivity index (χ3n) is 3.03. The maximum atomic E-state index is 5.90. The highest BCUT2D eigenvalue weighted by atomic mass is 79.9. The van der Waals surface area contributed by atoms with Gasteiger partial charge in [-0.05, 0) is 46.6 Å². The maximum absolute atomic E-state index is 5.90. The number of hydrogen-bond acceptors (Lipinski definition) is 2. The average molecular weight is 326 g/mol. The lowest BCUT2D eigenvalue weighted by atomic mass is 10.1. The molecule has 2 aromatic rings. The number of aromatic nitrogens is 1. The first-order valence-corrected chi connectivity index (χ1v) is 6.84. The van der Waals surface area contributed by atoms with Gasteiger partial charge in [-0.25, -0.2) is 0 Å². The number of rotatable bonds is 3. The Morgan fingerprint density at radius 1 is 1.22 bits per heavy atom. The molecule has 1 aromatic carbocycles. The molecule has 0 radical (unpaired) electrons. The lowest BCUT2D eigenvalue weighted by molar-refractivity contribution is 0.738. The first-order chi connectivity index (χ1) is 8.58. The Hall–Kier alpha value is -1.06. The number of anilines is 1. The minimum absolute atomic E-state index is 0.262. The number of halogens is 2. The fourth-order valence-electron chi connectivity index (χ4n) is 1.78. The van der Waals surface area contributed by atoms with Gasteiger partial charge in [0, 0.05) is 22.7 Å². The van der Waals surface area contributed by atoms with Crippen molar-refractivity contribution in [1.82, 2.24) is 4.98 Å². The Morgan fingerprint density at radius 2 is 1.89 bits per heavy atom. The average Bonchev–Trinajstić information content (AvgIpc) is 2.38. The van der Waals surface area contributed by atoms with Crippen LogP contribution in [0.4, 0.5) is 5.69 Å². The highest BCUT2D eigenvalue weighted by Crippen LogP contribution is 2.27. The predicted octanol–water partition coefficient (Wildman–Crippen LogP) is 4.69. The Labute approximate surface area is 121 Å². The molecule has 0 bridgehead atoms. The topological polar surface area (TPSA) is 16.1 Å².